The number of para-hydroxylation sites is 2. The number of benzene rings is 1. The van der Waals surface area contributed by atoms with Gasteiger partial charge in [0.2, 0.25) is 0 Å². The second-order valence-corrected chi connectivity index (χ2v) is 9.20. The van der Waals surface area contributed by atoms with Gasteiger partial charge in [-0.25, -0.2) is 14.8 Å². The highest BCUT2D eigenvalue weighted by atomic mass is 16.2. The summed E-state index contributed by atoms with van der Waals surface area (Å²) in [5.41, 5.74) is 1.20. The van der Waals surface area contributed by atoms with Crippen LogP contribution in [-0.2, 0) is 0 Å². The van der Waals surface area contributed by atoms with E-state index in [2.05, 4.69) is 9.88 Å². The van der Waals surface area contributed by atoms with Gasteiger partial charge in [-0.15, -0.1) is 0 Å². The van der Waals surface area contributed by atoms with Gasteiger partial charge in [-0.05, 0) is 69.4 Å². The Labute approximate surface area is 188 Å². The summed E-state index contributed by atoms with van der Waals surface area (Å²) in [6, 6.07) is 7.26. The molecule has 4 heterocycles. The number of rotatable bonds is 3. The molecule has 2 fully saturated rings. The second kappa shape index (κ2) is 9.36. The number of nitrogens with zero attached hydrogens (tertiary/aromatic N) is 5. The largest absolute Gasteiger partial charge is 0.325 e. The van der Waals surface area contributed by atoms with Crippen LogP contribution in [0.5, 0.6) is 0 Å². The number of amides is 2. The van der Waals surface area contributed by atoms with Crippen LogP contribution in [0, 0.1) is 5.92 Å². The maximum atomic E-state index is 13.5. The number of fused-ring (bicyclic) bond motifs is 2. The van der Waals surface area contributed by atoms with Gasteiger partial charge in [0.1, 0.15) is 0 Å². The molecular formula is C25H31N5O2. The maximum absolute atomic E-state index is 13.5. The minimum atomic E-state index is -0.348. The number of carbonyl (C=O) groups excluding carboxylic acids is 1. The maximum Gasteiger partial charge on any atom is 0.325 e. The molecule has 0 spiro atoms. The van der Waals surface area contributed by atoms with Gasteiger partial charge >= 0.3 is 6.03 Å². The fourth-order valence-electron chi connectivity index (χ4n) is 5.11. The lowest BCUT2D eigenvalue weighted by Crippen LogP contribution is -2.44. The minimum absolute atomic E-state index is 0.0601. The first-order valence-corrected chi connectivity index (χ1v) is 12.0. The molecular weight excluding hydrogens is 402 g/mol. The third-order valence-corrected chi connectivity index (χ3v) is 6.97. The van der Waals surface area contributed by atoms with Crippen LogP contribution in [-0.4, -0.2) is 65.1 Å². The normalized spacial score (nSPS) is 21.6. The van der Waals surface area contributed by atoms with Gasteiger partial charge in [-0.3, -0.25) is 9.69 Å². The molecule has 3 aliphatic heterocycles. The molecule has 1 unspecified atom stereocenters. The number of carbonyl (C=O) groups is 1. The van der Waals surface area contributed by atoms with E-state index < -0.39 is 0 Å². The lowest BCUT2D eigenvalue weighted by atomic mass is 10.0. The highest BCUT2D eigenvalue weighted by molar-refractivity contribution is 5.95. The quantitative estimate of drug-likeness (QED) is 0.741. The van der Waals surface area contributed by atoms with E-state index in [0.717, 1.165) is 32.5 Å². The van der Waals surface area contributed by atoms with E-state index in [1.54, 1.807) is 17.0 Å². The van der Waals surface area contributed by atoms with Crippen molar-refractivity contribution in [3.63, 3.8) is 0 Å². The Morgan fingerprint density at radius 2 is 1.75 bits per heavy atom. The van der Waals surface area contributed by atoms with Crippen LogP contribution < -0.4 is 10.5 Å². The Hall–Kier alpha value is -2.80. The van der Waals surface area contributed by atoms with E-state index in [1.807, 2.05) is 29.2 Å². The van der Waals surface area contributed by atoms with Gasteiger partial charge in [-0.2, -0.15) is 0 Å². The molecule has 0 saturated carbocycles. The molecule has 5 rings (SSSR count). The molecule has 7 heteroatoms. The van der Waals surface area contributed by atoms with Crippen molar-refractivity contribution in [2.75, 3.05) is 44.2 Å². The fourth-order valence-corrected chi connectivity index (χ4v) is 5.11. The number of anilines is 1. The Kier molecular flexibility index (Phi) is 6.17. The van der Waals surface area contributed by atoms with Crippen molar-refractivity contribution in [1.82, 2.24) is 19.8 Å². The average molecular weight is 434 g/mol. The Bertz CT molecular complexity index is 1080. The van der Waals surface area contributed by atoms with Gasteiger partial charge in [0.05, 0.1) is 16.6 Å². The molecule has 0 N–H and O–H groups in total. The first-order chi connectivity index (χ1) is 15.7. The van der Waals surface area contributed by atoms with Crippen molar-refractivity contribution in [3.05, 3.63) is 46.3 Å². The van der Waals surface area contributed by atoms with Crippen LogP contribution in [0.2, 0.25) is 0 Å². The monoisotopic (exact) mass is 433 g/mol. The number of hydrogen-bond acceptors (Lipinski definition) is 5. The highest BCUT2D eigenvalue weighted by Crippen LogP contribution is 2.27. The Balaban J connectivity index is 1.30. The number of urea groups is 1. The van der Waals surface area contributed by atoms with Crippen LogP contribution in [0.3, 0.4) is 0 Å². The van der Waals surface area contributed by atoms with E-state index in [0.29, 0.717) is 34.9 Å². The Morgan fingerprint density at radius 1 is 1.00 bits per heavy atom. The van der Waals surface area contributed by atoms with Crippen molar-refractivity contribution in [3.8, 4) is 0 Å². The molecule has 0 radical (unpaired) electrons. The summed E-state index contributed by atoms with van der Waals surface area (Å²) >= 11 is 0. The van der Waals surface area contributed by atoms with Gasteiger partial charge in [-0.1, -0.05) is 31.1 Å². The highest BCUT2D eigenvalue weighted by Gasteiger charge is 2.32. The van der Waals surface area contributed by atoms with Crippen molar-refractivity contribution in [1.29, 1.82) is 0 Å². The molecule has 1 aromatic heterocycles. The predicted octanol–water partition coefficient (Wildman–Crippen LogP) is 3.53. The van der Waals surface area contributed by atoms with Crippen LogP contribution in [0.25, 0.3) is 17.1 Å². The van der Waals surface area contributed by atoms with Crippen molar-refractivity contribution < 1.29 is 4.79 Å². The van der Waals surface area contributed by atoms with E-state index in [-0.39, 0.29) is 11.6 Å². The lowest BCUT2D eigenvalue weighted by molar-refractivity contribution is 0.212. The van der Waals surface area contributed by atoms with Gasteiger partial charge in [0, 0.05) is 19.6 Å². The average Bonchev–Trinajstić information content (AvgIpc) is 3.04. The zero-order chi connectivity index (χ0) is 21.9. The predicted molar refractivity (Wildman–Crippen MR) is 127 cm³/mol. The zero-order valence-corrected chi connectivity index (χ0v) is 18.6. The van der Waals surface area contributed by atoms with Crippen LogP contribution >= 0.6 is 0 Å². The van der Waals surface area contributed by atoms with Crippen LogP contribution in [0.4, 0.5) is 10.6 Å². The second-order valence-electron chi connectivity index (χ2n) is 9.20. The van der Waals surface area contributed by atoms with E-state index in [9.17, 15) is 9.59 Å². The third kappa shape index (κ3) is 4.39. The molecule has 1 aromatic carbocycles. The zero-order valence-electron chi connectivity index (χ0n) is 18.6. The molecule has 2 amide bonds. The lowest BCUT2D eigenvalue weighted by Gasteiger charge is -2.28. The summed E-state index contributed by atoms with van der Waals surface area (Å²) in [4.78, 5) is 41.3. The first kappa shape index (κ1) is 21.1. The molecule has 168 valence electrons. The van der Waals surface area contributed by atoms with E-state index in [1.165, 1.54) is 38.8 Å². The van der Waals surface area contributed by atoms with E-state index in [4.69, 9.17) is 4.98 Å². The molecule has 0 bridgehead atoms. The van der Waals surface area contributed by atoms with Crippen LogP contribution in [0.1, 0.15) is 44.1 Å². The third-order valence-electron chi connectivity index (χ3n) is 6.97. The summed E-state index contributed by atoms with van der Waals surface area (Å²) < 4.78 is 0. The molecule has 3 aliphatic rings. The van der Waals surface area contributed by atoms with Crippen LogP contribution in [0.15, 0.2) is 35.1 Å². The number of aromatic nitrogens is 2. The molecule has 32 heavy (non-hydrogen) atoms. The number of hydrogen-bond donors (Lipinski definition) is 0. The standard InChI is InChI=1S/C25H31N5O2/c31-24-20-8-7-15-30(23(20)26-21-9-3-4-10-22(21)27-24)25(32)29-17-12-19(18-29)11-16-28-13-5-1-2-6-14-28/h3-4,7-10,19H,1-2,5-6,11-18H2. The summed E-state index contributed by atoms with van der Waals surface area (Å²) in [5, 5.41) is 0. The summed E-state index contributed by atoms with van der Waals surface area (Å²) in [5.74, 6) is 0.962. The fraction of sp³-hybridized carbons (Fsp3) is 0.520. The topological polar surface area (TPSA) is 69.6 Å². The summed E-state index contributed by atoms with van der Waals surface area (Å²) in [6.07, 6.45) is 11.1. The van der Waals surface area contributed by atoms with Gasteiger partial charge in [0.25, 0.3) is 5.56 Å². The van der Waals surface area contributed by atoms with Gasteiger partial charge in [0.15, 0.2) is 5.82 Å². The smallest absolute Gasteiger partial charge is 0.324 e. The molecule has 1 atom stereocenters. The SMILES string of the molecule is O=C(N1CCC(CCN2CCCCCC2)C1)N1CC=Cc2c1nc1ccccc1nc2=O. The molecule has 2 aromatic rings. The minimum Gasteiger partial charge on any atom is -0.324 e. The Morgan fingerprint density at radius 3 is 2.53 bits per heavy atom. The molecule has 2 saturated heterocycles. The number of likely N-dealkylation sites (tertiary alicyclic amines) is 2. The van der Waals surface area contributed by atoms with Crippen molar-refractivity contribution >= 4 is 29.0 Å². The van der Waals surface area contributed by atoms with Crippen molar-refractivity contribution in [2.24, 2.45) is 5.92 Å². The molecule has 7 nitrogen and oxygen atoms in total. The summed E-state index contributed by atoms with van der Waals surface area (Å²) in [7, 11) is 0. The van der Waals surface area contributed by atoms with Crippen molar-refractivity contribution in [2.45, 2.75) is 38.5 Å². The van der Waals surface area contributed by atoms with Gasteiger partial charge < -0.3 is 9.80 Å². The summed E-state index contributed by atoms with van der Waals surface area (Å²) in [6.45, 7) is 5.54. The van der Waals surface area contributed by atoms with E-state index >= 15 is 0 Å². The first-order valence-electron chi connectivity index (χ1n) is 12.0. The molecule has 0 aliphatic carbocycles.